The highest BCUT2D eigenvalue weighted by atomic mass is 16.5. The highest BCUT2D eigenvalue weighted by Crippen LogP contribution is 2.41. The van der Waals surface area contributed by atoms with Crippen molar-refractivity contribution in [3.63, 3.8) is 0 Å². The average molecular weight is 356 g/mol. The van der Waals surface area contributed by atoms with E-state index in [4.69, 9.17) is 4.74 Å². The molecule has 1 aromatic carbocycles. The zero-order valence-corrected chi connectivity index (χ0v) is 15.5. The molecule has 26 heavy (non-hydrogen) atoms. The molecule has 1 aliphatic heterocycles. The Morgan fingerprint density at radius 2 is 1.92 bits per heavy atom. The van der Waals surface area contributed by atoms with Crippen molar-refractivity contribution in [1.29, 1.82) is 0 Å². The summed E-state index contributed by atoms with van der Waals surface area (Å²) in [5.41, 5.74) is 1.29. The molecule has 2 aliphatic carbocycles. The molecule has 4 rings (SSSR count). The molecule has 3 fully saturated rings. The molecule has 0 unspecified atom stereocenters. The molecule has 0 spiro atoms. The van der Waals surface area contributed by atoms with Gasteiger partial charge in [-0.2, -0.15) is 0 Å². The van der Waals surface area contributed by atoms with Crippen LogP contribution >= 0.6 is 0 Å². The molecule has 1 aromatic rings. The topological polar surface area (TPSA) is 58.6 Å². The highest BCUT2D eigenvalue weighted by molar-refractivity contribution is 5.89. The lowest BCUT2D eigenvalue weighted by molar-refractivity contribution is -0.129. The first-order chi connectivity index (χ1) is 12.6. The molecule has 140 valence electrons. The van der Waals surface area contributed by atoms with Gasteiger partial charge in [-0.1, -0.05) is 25.0 Å². The van der Waals surface area contributed by atoms with Crippen LogP contribution in [0.3, 0.4) is 0 Å². The summed E-state index contributed by atoms with van der Waals surface area (Å²) in [4.78, 5) is 26.7. The van der Waals surface area contributed by atoms with Gasteiger partial charge in [-0.3, -0.25) is 9.59 Å². The van der Waals surface area contributed by atoms with E-state index in [9.17, 15) is 9.59 Å². The summed E-state index contributed by atoms with van der Waals surface area (Å²) < 4.78 is 5.27. The number of ether oxygens (including phenoxy) is 1. The summed E-state index contributed by atoms with van der Waals surface area (Å²) in [5.74, 6) is 0.868. The maximum absolute atomic E-state index is 12.7. The minimum absolute atomic E-state index is 0.0146. The Morgan fingerprint density at radius 1 is 1.23 bits per heavy atom. The third-order valence-electron chi connectivity index (χ3n) is 6.38. The van der Waals surface area contributed by atoms with Crippen LogP contribution in [0.2, 0.25) is 0 Å². The van der Waals surface area contributed by atoms with Gasteiger partial charge in [-0.15, -0.1) is 0 Å². The van der Waals surface area contributed by atoms with Crippen molar-refractivity contribution in [2.45, 2.75) is 56.4 Å². The van der Waals surface area contributed by atoms with E-state index in [0.717, 1.165) is 31.4 Å². The second-order valence-electron chi connectivity index (χ2n) is 8.11. The van der Waals surface area contributed by atoms with Crippen LogP contribution in [0.4, 0.5) is 0 Å². The van der Waals surface area contributed by atoms with Crippen molar-refractivity contribution in [2.75, 3.05) is 20.2 Å². The van der Waals surface area contributed by atoms with Crippen molar-refractivity contribution in [2.24, 2.45) is 5.92 Å². The first kappa shape index (κ1) is 17.4. The minimum atomic E-state index is -0.183. The molecular formula is C21H28N2O3. The first-order valence-corrected chi connectivity index (χ1v) is 9.83. The molecule has 5 heteroatoms. The van der Waals surface area contributed by atoms with Crippen LogP contribution in [0.1, 0.15) is 50.5 Å². The van der Waals surface area contributed by atoms with Gasteiger partial charge in [-0.25, -0.2) is 0 Å². The SMILES string of the molecule is COc1ccc(C2(CNC(=O)[C@H]3CC(=O)N(C4CC4)C3)CCCC2)cc1. The number of carbonyl (C=O) groups is 2. The number of nitrogens with one attached hydrogen (secondary N) is 1. The lowest BCUT2D eigenvalue weighted by atomic mass is 9.78. The Morgan fingerprint density at radius 3 is 2.54 bits per heavy atom. The number of likely N-dealkylation sites (tertiary alicyclic amines) is 1. The largest absolute Gasteiger partial charge is 0.497 e. The molecule has 5 nitrogen and oxygen atoms in total. The second kappa shape index (κ2) is 6.93. The molecule has 1 N–H and O–H groups in total. The fraction of sp³-hybridized carbons (Fsp3) is 0.619. The minimum Gasteiger partial charge on any atom is -0.497 e. The molecule has 0 aromatic heterocycles. The molecule has 3 aliphatic rings. The van der Waals surface area contributed by atoms with Gasteiger partial charge in [0.1, 0.15) is 5.75 Å². The van der Waals surface area contributed by atoms with E-state index in [1.807, 2.05) is 17.0 Å². The number of methoxy groups -OCH3 is 1. The van der Waals surface area contributed by atoms with E-state index in [1.165, 1.54) is 18.4 Å². The number of amides is 2. The number of hydrogen-bond acceptors (Lipinski definition) is 3. The van der Waals surface area contributed by atoms with Crippen molar-refractivity contribution < 1.29 is 14.3 Å². The molecular weight excluding hydrogens is 328 g/mol. The van der Waals surface area contributed by atoms with Crippen LogP contribution in [0, 0.1) is 5.92 Å². The lowest BCUT2D eigenvalue weighted by Crippen LogP contribution is -2.42. The normalized spacial score (nSPS) is 24.7. The van der Waals surface area contributed by atoms with Gasteiger partial charge in [-0.05, 0) is 43.4 Å². The smallest absolute Gasteiger partial charge is 0.225 e. The third kappa shape index (κ3) is 3.31. The maximum atomic E-state index is 12.7. The van der Waals surface area contributed by atoms with Crippen LogP contribution in [0.25, 0.3) is 0 Å². The number of carbonyl (C=O) groups excluding carboxylic acids is 2. The van der Waals surface area contributed by atoms with Crippen molar-refractivity contribution >= 4 is 11.8 Å². The summed E-state index contributed by atoms with van der Waals surface area (Å²) >= 11 is 0. The van der Waals surface area contributed by atoms with Crippen molar-refractivity contribution in [3.8, 4) is 5.75 Å². The fourth-order valence-corrected chi connectivity index (χ4v) is 4.61. The Kier molecular flexibility index (Phi) is 4.63. The standard InChI is InChI=1S/C21H28N2O3/c1-26-18-8-4-16(5-9-18)21(10-2-3-11-21)14-22-20(25)15-12-19(24)23(13-15)17-6-7-17/h4-5,8-9,15,17H,2-3,6-7,10-14H2,1H3,(H,22,25)/t15-/m0/s1. The molecule has 1 saturated heterocycles. The van der Waals surface area contributed by atoms with Gasteiger partial charge in [0.15, 0.2) is 0 Å². The molecule has 0 radical (unpaired) electrons. The van der Waals surface area contributed by atoms with Gasteiger partial charge in [0.2, 0.25) is 11.8 Å². The third-order valence-corrected chi connectivity index (χ3v) is 6.38. The van der Waals surface area contributed by atoms with Crippen LogP contribution in [0.15, 0.2) is 24.3 Å². The Hall–Kier alpha value is -2.04. The monoisotopic (exact) mass is 356 g/mol. The Labute approximate surface area is 155 Å². The van der Waals surface area contributed by atoms with Gasteiger partial charge < -0.3 is 15.0 Å². The fourth-order valence-electron chi connectivity index (χ4n) is 4.61. The van der Waals surface area contributed by atoms with Crippen molar-refractivity contribution in [3.05, 3.63) is 29.8 Å². The summed E-state index contributed by atoms with van der Waals surface area (Å²) in [6.07, 6.45) is 7.15. The molecule has 1 heterocycles. The molecule has 2 saturated carbocycles. The van der Waals surface area contributed by atoms with Gasteiger partial charge in [0.05, 0.1) is 13.0 Å². The number of rotatable bonds is 6. The van der Waals surface area contributed by atoms with Crippen LogP contribution < -0.4 is 10.1 Å². The highest BCUT2D eigenvalue weighted by Gasteiger charge is 2.42. The first-order valence-electron chi connectivity index (χ1n) is 9.83. The predicted molar refractivity (Wildman–Crippen MR) is 99.0 cm³/mol. The van der Waals surface area contributed by atoms with E-state index < -0.39 is 0 Å². The molecule has 2 amide bonds. The Balaban J connectivity index is 1.40. The molecule has 1 atom stereocenters. The van der Waals surface area contributed by atoms with E-state index >= 15 is 0 Å². The number of nitrogens with zero attached hydrogens (tertiary/aromatic N) is 1. The van der Waals surface area contributed by atoms with Crippen LogP contribution in [0.5, 0.6) is 5.75 Å². The quantitative estimate of drug-likeness (QED) is 0.852. The van der Waals surface area contributed by atoms with E-state index in [2.05, 4.69) is 17.4 Å². The van der Waals surface area contributed by atoms with Gasteiger partial charge >= 0.3 is 0 Å². The second-order valence-corrected chi connectivity index (χ2v) is 8.11. The van der Waals surface area contributed by atoms with E-state index in [0.29, 0.717) is 25.6 Å². The predicted octanol–water partition coefficient (Wildman–Crippen LogP) is 2.63. The summed E-state index contributed by atoms with van der Waals surface area (Å²) in [6, 6.07) is 8.66. The lowest BCUT2D eigenvalue weighted by Gasteiger charge is -2.30. The number of benzene rings is 1. The zero-order chi connectivity index (χ0) is 18.1. The number of hydrogen-bond donors (Lipinski definition) is 1. The maximum Gasteiger partial charge on any atom is 0.225 e. The average Bonchev–Trinajstić information content (AvgIpc) is 3.26. The Bertz CT molecular complexity index is 675. The summed E-state index contributed by atoms with van der Waals surface area (Å²) in [5, 5.41) is 3.19. The summed E-state index contributed by atoms with van der Waals surface area (Å²) in [7, 11) is 1.67. The zero-order valence-electron chi connectivity index (χ0n) is 15.5. The summed E-state index contributed by atoms with van der Waals surface area (Å²) in [6.45, 7) is 1.26. The van der Waals surface area contributed by atoms with Gasteiger partial charge in [0, 0.05) is 31.0 Å². The van der Waals surface area contributed by atoms with Crippen molar-refractivity contribution in [1.82, 2.24) is 10.2 Å². The van der Waals surface area contributed by atoms with E-state index in [-0.39, 0.29) is 23.1 Å². The van der Waals surface area contributed by atoms with Crippen LogP contribution in [-0.2, 0) is 15.0 Å². The van der Waals surface area contributed by atoms with Crippen LogP contribution in [-0.4, -0.2) is 43.0 Å². The van der Waals surface area contributed by atoms with E-state index in [1.54, 1.807) is 7.11 Å². The molecule has 0 bridgehead atoms. The van der Waals surface area contributed by atoms with Gasteiger partial charge in [0.25, 0.3) is 0 Å².